The lowest BCUT2D eigenvalue weighted by Crippen LogP contribution is -2.41. The molecule has 2 aromatic heterocycles. The number of fused-ring (bicyclic) bond motifs is 3. The van der Waals surface area contributed by atoms with E-state index < -0.39 is 0 Å². The Morgan fingerprint density at radius 1 is 1.22 bits per heavy atom. The van der Waals surface area contributed by atoms with Crippen LogP contribution in [0, 0.1) is 12.8 Å². The number of para-hydroxylation sites is 1. The second-order valence-corrected chi connectivity index (χ2v) is 8.90. The van der Waals surface area contributed by atoms with Gasteiger partial charge in [-0.25, -0.2) is 9.50 Å². The molecule has 1 aromatic carbocycles. The summed E-state index contributed by atoms with van der Waals surface area (Å²) in [6, 6.07) is 8.16. The molecule has 0 unspecified atom stereocenters. The lowest BCUT2D eigenvalue weighted by atomic mass is 9.95. The normalized spacial score (nSPS) is 15.2. The van der Waals surface area contributed by atoms with Crippen molar-refractivity contribution in [1.82, 2.24) is 24.8 Å². The molecule has 1 aliphatic rings. The van der Waals surface area contributed by atoms with Crippen LogP contribution >= 0.6 is 11.6 Å². The van der Waals surface area contributed by atoms with Gasteiger partial charge in [0.1, 0.15) is 10.8 Å². The van der Waals surface area contributed by atoms with Gasteiger partial charge in [-0.15, -0.1) is 0 Å². The highest BCUT2D eigenvalue weighted by Crippen LogP contribution is 2.32. The molecule has 7 nitrogen and oxygen atoms in total. The van der Waals surface area contributed by atoms with Gasteiger partial charge in [-0.2, -0.15) is 5.10 Å². The molecule has 0 aliphatic carbocycles. The van der Waals surface area contributed by atoms with Crippen LogP contribution in [-0.2, 0) is 4.79 Å². The van der Waals surface area contributed by atoms with Gasteiger partial charge in [0.25, 0.3) is 0 Å². The fourth-order valence-electron chi connectivity index (χ4n) is 4.56. The Balaban J connectivity index is 1.42. The van der Waals surface area contributed by atoms with Crippen LogP contribution in [0.5, 0.6) is 0 Å². The van der Waals surface area contributed by atoms with Crippen molar-refractivity contribution in [3.8, 4) is 0 Å². The van der Waals surface area contributed by atoms with Gasteiger partial charge in [0.05, 0.1) is 11.2 Å². The third kappa shape index (κ3) is 4.55. The molecule has 0 spiro atoms. The van der Waals surface area contributed by atoms with Crippen molar-refractivity contribution < 1.29 is 4.79 Å². The van der Waals surface area contributed by atoms with Crippen molar-refractivity contribution in [3.63, 3.8) is 0 Å². The van der Waals surface area contributed by atoms with E-state index >= 15 is 0 Å². The Kier molecular flexibility index (Phi) is 7.16. The Morgan fingerprint density at radius 3 is 2.66 bits per heavy atom. The van der Waals surface area contributed by atoms with Gasteiger partial charge in [-0.3, -0.25) is 4.79 Å². The predicted octanol–water partition coefficient (Wildman–Crippen LogP) is 3.91. The Bertz CT molecular complexity index is 1080. The fourth-order valence-corrected chi connectivity index (χ4v) is 4.72. The number of benzene rings is 1. The summed E-state index contributed by atoms with van der Waals surface area (Å²) < 4.78 is 1.83. The standard InChI is InChI=1S/C24H33ClN6O/c1-4-29(5-2)14-8-13-26-24(32)18-11-15-30(16-12-18)22-19-9-6-7-10-20(19)31-23(27-22)21(25)17(3)28-31/h6-7,9-10,18H,4-5,8,11-16H2,1-3H3,(H,26,32). The van der Waals surface area contributed by atoms with Crippen LogP contribution in [0.3, 0.4) is 0 Å². The van der Waals surface area contributed by atoms with Crippen LogP contribution in [-0.4, -0.2) is 64.7 Å². The van der Waals surface area contributed by atoms with E-state index in [0.29, 0.717) is 10.7 Å². The van der Waals surface area contributed by atoms with Crippen molar-refractivity contribution in [2.45, 2.75) is 40.0 Å². The number of rotatable bonds is 8. The SMILES string of the molecule is CCN(CC)CCCNC(=O)C1CCN(c2nc3c(Cl)c(C)nn3c3ccccc23)CC1. The summed E-state index contributed by atoms with van der Waals surface area (Å²) in [7, 11) is 0. The fraction of sp³-hybridized carbons (Fsp3) is 0.542. The van der Waals surface area contributed by atoms with E-state index in [4.69, 9.17) is 16.6 Å². The number of aromatic nitrogens is 3. The van der Waals surface area contributed by atoms with E-state index in [2.05, 4.69) is 46.2 Å². The molecule has 1 fully saturated rings. The van der Waals surface area contributed by atoms with E-state index in [-0.39, 0.29) is 11.8 Å². The summed E-state index contributed by atoms with van der Waals surface area (Å²) in [5.41, 5.74) is 2.46. The molecule has 1 amide bonds. The number of nitrogens with zero attached hydrogens (tertiary/aromatic N) is 5. The zero-order chi connectivity index (χ0) is 22.7. The number of carbonyl (C=O) groups excluding carboxylic acids is 1. The first-order chi connectivity index (χ1) is 15.5. The number of halogens is 1. The minimum absolute atomic E-state index is 0.0653. The van der Waals surface area contributed by atoms with E-state index in [1.165, 1.54) is 0 Å². The Morgan fingerprint density at radius 2 is 1.94 bits per heavy atom. The number of nitrogens with one attached hydrogen (secondary N) is 1. The van der Waals surface area contributed by atoms with Crippen LogP contribution < -0.4 is 10.2 Å². The molecule has 3 heterocycles. The average Bonchev–Trinajstić information content (AvgIpc) is 3.12. The van der Waals surface area contributed by atoms with E-state index in [9.17, 15) is 4.79 Å². The molecular weight excluding hydrogens is 424 g/mol. The number of hydrogen-bond donors (Lipinski definition) is 1. The van der Waals surface area contributed by atoms with Crippen molar-refractivity contribution in [1.29, 1.82) is 0 Å². The van der Waals surface area contributed by atoms with E-state index in [1.54, 1.807) is 0 Å². The molecule has 4 rings (SSSR count). The van der Waals surface area contributed by atoms with Crippen LogP contribution in [0.1, 0.15) is 38.8 Å². The summed E-state index contributed by atoms with van der Waals surface area (Å²) in [6.45, 7) is 11.7. The maximum atomic E-state index is 12.7. The first-order valence-corrected chi connectivity index (χ1v) is 12.1. The monoisotopic (exact) mass is 456 g/mol. The molecule has 0 radical (unpaired) electrons. The van der Waals surface area contributed by atoms with Gasteiger partial charge in [-0.1, -0.05) is 37.6 Å². The Hall–Kier alpha value is -2.38. The molecule has 3 aromatic rings. The number of aryl methyl sites for hydroxylation is 1. The average molecular weight is 457 g/mol. The summed E-state index contributed by atoms with van der Waals surface area (Å²) in [6.07, 6.45) is 2.65. The molecule has 1 saturated heterocycles. The zero-order valence-corrected chi connectivity index (χ0v) is 20.0. The molecule has 8 heteroatoms. The van der Waals surface area contributed by atoms with Crippen molar-refractivity contribution >= 4 is 39.9 Å². The van der Waals surface area contributed by atoms with Gasteiger partial charge in [0.2, 0.25) is 5.91 Å². The number of amides is 1. The van der Waals surface area contributed by atoms with Gasteiger partial charge in [0.15, 0.2) is 5.65 Å². The summed E-state index contributed by atoms with van der Waals surface area (Å²) in [5, 5.41) is 9.36. The molecule has 1 N–H and O–H groups in total. The second kappa shape index (κ2) is 10.0. The Labute approximate surface area is 194 Å². The molecule has 32 heavy (non-hydrogen) atoms. The van der Waals surface area contributed by atoms with Crippen LogP contribution in [0.4, 0.5) is 5.82 Å². The van der Waals surface area contributed by atoms with Crippen molar-refractivity contribution in [3.05, 3.63) is 35.0 Å². The predicted molar refractivity (Wildman–Crippen MR) is 131 cm³/mol. The number of anilines is 1. The molecule has 0 saturated carbocycles. The highest BCUT2D eigenvalue weighted by molar-refractivity contribution is 6.34. The van der Waals surface area contributed by atoms with Crippen LogP contribution in [0.2, 0.25) is 5.02 Å². The number of piperidine rings is 1. The molecule has 1 aliphatic heterocycles. The zero-order valence-electron chi connectivity index (χ0n) is 19.3. The number of hydrogen-bond acceptors (Lipinski definition) is 5. The third-order valence-corrected chi connectivity index (χ3v) is 7.00. The summed E-state index contributed by atoms with van der Waals surface area (Å²) >= 11 is 6.50. The van der Waals surface area contributed by atoms with Crippen LogP contribution in [0.25, 0.3) is 16.6 Å². The van der Waals surface area contributed by atoms with E-state index in [1.807, 2.05) is 23.6 Å². The van der Waals surface area contributed by atoms with Gasteiger partial charge in [-0.05, 0) is 58.0 Å². The second-order valence-electron chi connectivity index (χ2n) is 8.52. The highest BCUT2D eigenvalue weighted by atomic mass is 35.5. The number of carbonyl (C=O) groups is 1. The smallest absolute Gasteiger partial charge is 0.223 e. The molecule has 172 valence electrons. The third-order valence-electron chi connectivity index (χ3n) is 6.56. The molecular formula is C24H33ClN6O. The topological polar surface area (TPSA) is 65.8 Å². The lowest BCUT2D eigenvalue weighted by molar-refractivity contribution is -0.125. The first-order valence-electron chi connectivity index (χ1n) is 11.7. The molecule has 0 bridgehead atoms. The maximum absolute atomic E-state index is 12.7. The van der Waals surface area contributed by atoms with Crippen molar-refractivity contribution in [2.24, 2.45) is 5.92 Å². The minimum atomic E-state index is 0.0653. The summed E-state index contributed by atoms with van der Waals surface area (Å²) in [4.78, 5) is 22.2. The maximum Gasteiger partial charge on any atom is 0.223 e. The largest absolute Gasteiger partial charge is 0.356 e. The molecule has 0 atom stereocenters. The summed E-state index contributed by atoms with van der Waals surface area (Å²) in [5.74, 6) is 1.18. The van der Waals surface area contributed by atoms with Crippen molar-refractivity contribution in [2.75, 3.05) is 44.2 Å². The van der Waals surface area contributed by atoms with E-state index in [0.717, 1.165) is 80.9 Å². The lowest BCUT2D eigenvalue weighted by Gasteiger charge is -2.33. The van der Waals surface area contributed by atoms with Gasteiger partial charge < -0.3 is 15.1 Å². The first kappa shape index (κ1) is 22.8. The minimum Gasteiger partial charge on any atom is -0.356 e. The quantitative estimate of drug-likeness (QED) is 0.520. The highest BCUT2D eigenvalue weighted by Gasteiger charge is 2.27. The van der Waals surface area contributed by atoms with Gasteiger partial charge in [0, 0.05) is 30.9 Å². The van der Waals surface area contributed by atoms with Crippen LogP contribution in [0.15, 0.2) is 24.3 Å². The van der Waals surface area contributed by atoms with Gasteiger partial charge >= 0.3 is 0 Å².